The van der Waals surface area contributed by atoms with Crippen molar-refractivity contribution in [2.45, 2.75) is 163 Å². The van der Waals surface area contributed by atoms with Crippen molar-refractivity contribution in [3.05, 3.63) is 0 Å². The molecule has 36 heavy (non-hydrogen) atoms. The summed E-state index contributed by atoms with van der Waals surface area (Å²) >= 11 is 0. The third kappa shape index (κ3) is 6.23. The van der Waals surface area contributed by atoms with Gasteiger partial charge >= 0.3 is 0 Å². The Morgan fingerprint density at radius 3 is 2.22 bits per heavy atom. The molecule has 4 saturated carbocycles. The second-order valence-corrected chi connectivity index (χ2v) is 15.2. The highest BCUT2D eigenvalue weighted by atomic mass is 16.5. The summed E-state index contributed by atoms with van der Waals surface area (Å²) in [6, 6.07) is 0. The Morgan fingerprint density at radius 1 is 0.722 bits per heavy atom. The maximum Gasteiger partial charge on any atom is 0.0578 e. The lowest BCUT2D eigenvalue weighted by molar-refractivity contribution is -0.136. The lowest BCUT2D eigenvalue weighted by atomic mass is 9.44. The summed E-state index contributed by atoms with van der Waals surface area (Å²) < 4.78 is 6.49. The third-order valence-corrected chi connectivity index (χ3v) is 12.7. The Morgan fingerprint density at radius 2 is 1.44 bits per heavy atom. The molecule has 1 heteroatoms. The zero-order valence-corrected chi connectivity index (χ0v) is 25.5. The summed E-state index contributed by atoms with van der Waals surface area (Å²) in [4.78, 5) is 0. The van der Waals surface area contributed by atoms with Gasteiger partial charge in [-0.05, 0) is 116 Å². The first-order valence-corrected chi connectivity index (χ1v) is 16.9. The van der Waals surface area contributed by atoms with E-state index in [4.69, 9.17) is 4.74 Å². The number of ether oxygens (including phenoxy) is 1. The monoisotopic (exact) mass is 500 g/mol. The average Bonchev–Trinajstić information content (AvgIpc) is 3.20. The van der Waals surface area contributed by atoms with Crippen molar-refractivity contribution >= 4 is 0 Å². The van der Waals surface area contributed by atoms with Crippen LogP contribution in [0.2, 0.25) is 0 Å². The highest BCUT2D eigenvalue weighted by molar-refractivity contribution is 5.09. The fourth-order valence-electron chi connectivity index (χ4n) is 10.5. The minimum atomic E-state index is 0.562. The molecule has 0 amide bonds. The SMILES string of the molecule is CCCCCCCCO[C@H]1CC[C@@]2(C)[C@@H](CC[C@@H]3[C@@H]2CC[C@]2(C)[C@@H]([C@H](C)CCCC(C)C)CC[C@@H]32)C1. The molecule has 0 aromatic carbocycles. The molecule has 4 rings (SSSR count). The van der Waals surface area contributed by atoms with E-state index in [1.54, 1.807) is 6.42 Å². The van der Waals surface area contributed by atoms with Gasteiger partial charge < -0.3 is 4.74 Å². The summed E-state index contributed by atoms with van der Waals surface area (Å²) in [5, 5.41) is 0. The Bertz CT molecular complexity index is 655. The van der Waals surface area contributed by atoms with E-state index < -0.39 is 0 Å². The van der Waals surface area contributed by atoms with Crippen molar-refractivity contribution in [1.29, 1.82) is 0 Å². The standard InChI is InChI=1S/C35H64O/c1-7-8-9-10-11-12-24-36-29-20-22-34(5)28(25-29)16-17-30-32-19-18-31(27(4)15-13-14-26(2)3)35(32,6)23-21-33(30)34/h26-33H,7-25H2,1-6H3/t27-,28+,29+,30+,31-,32+,33+,34+,35-/m1/s1. The van der Waals surface area contributed by atoms with Gasteiger partial charge in [0.05, 0.1) is 6.10 Å². The molecule has 0 aromatic heterocycles. The molecule has 0 saturated heterocycles. The first-order valence-electron chi connectivity index (χ1n) is 16.9. The van der Waals surface area contributed by atoms with E-state index in [0.29, 0.717) is 16.9 Å². The quantitative estimate of drug-likeness (QED) is 0.228. The smallest absolute Gasteiger partial charge is 0.0578 e. The topological polar surface area (TPSA) is 9.23 Å². The molecule has 210 valence electrons. The molecular weight excluding hydrogens is 436 g/mol. The second-order valence-electron chi connectivity index (χ2n) is 15.2. The maximum absolute atomic E-state index is 6.49. The van der Waals surface area contributed by atoms with Gasteiger partial charge in [0, 0.05) is 6.61 Å². The number of fused-ring (bicyclic) bond motifs is 5. The molecule has 0 aromatic rings. The van der Waals surface area contributed by atoms with Gasteiger partial charge in [-0.1, -0.05) is 92.9 Å². The fourth-order valence-corrected chi connectivity index (χ4v) is 10.5. The van der Waals surface area contributed by atoms with E-state index in [1.165, 1.54) is 109 Å². The van der Waals surface area contributed by atoms with Crippen molar-refractivity contribution < 1.29 is 4.74 Å². The van der Waals surface area contributed by atoms with Crippen LogP contribution < -0.4 is 0 Å². The minimum absolute atomic E-state index is 0.562. The summed E-state index contributed by atoms with van der Waals surface area (Å²) in [6.07, 6.45) is 26.4. The van der Waals surface area contributed by atoms with Crippen LogP contribution in [0.15, 0.2) is 0 Å². The van der Waals surface area contributed by atoms with Crippen molar-refractivity contribution in [3.8, 4) is 0 Å². The van der Waals surface area contributed by atoms with Crippen LogP contribution in [0.1, 0.15) is 157 Å². The Hall–Kier alpha value is -0.0400. The number of hydrogen-bond donors (Lipinski definition) is 0. The zero-order valence-electron chi connectivity index (χ0n) is 25.5. The molecule has 4 aliphatic rings. The fraction of sp³-hybridized carbons (Fsp3) is 1.00. The molecule has 0 unspecified atom stereocenters. The van der Waals surface area contributed by atoms with Crippen LogP contribution in [-0.2, 0) is 4.74 Å². The molecule has 1 nitrogen and oxygen atoms in total. The van der Waals surface area contributed by atoms with Crippen LogP contribution in [-0.4, -0.2) is 12.7 Å². The average molecular weight is 501 g/mol. The second kappa shape index (κ2) is 12.9. The van der Waals surface area contributed by atoms with Gasteiger partial charge in [-0.3, -0.25) is 0 Å². The first kappa shape index (κ1) is 29.0. The predicted octanol–water partition coefficient (Wildman–Crippen LogP) is 10.9. The molecule has 0 N–H and O–H groups in total. The summed E-state index contributed by atoms with van der Waals surface area (Å²) in [5.41, 5.74) is 1.24. The van der Waals surface area contributed by atoms with E-state index in [-0.39, 0.29) is 0 Å². The van der Waals surface area contributed by atoms with E-state index in [0.717, 1.165) is 48.0 Å². The summed E-state index contributed by atoms with van der Waals surface area (Å²) in [5.74, 6) is 6.77. The first-order chi connectivity index (χ1) is 17.3. The molecule has 4 fully saturated rings. The van der Waals surface area contributed by atoms with Gasteiger partial charge in [0.15, 0.2) is 0 Å². The largest absolute Gasteiger partial charge is 0.378 e. The van der Waals surface area contributed by atoms with Crippen LogP contribution in [0.25, 0.3) is 0 Å². The Kier molecular flexibility index (Phi) is 10.4. The lowest BCUT2D eigenvalue weighted by Crippen LogP contribution is -2.54. The maximum atomic E-state index is 6.49. The molecule has 0 bridgehead atoms. The van der Waals surface area contributed by atoms with Crippen molar-refractivity contribution in [3.63, 3.8) is 0 Å². The van der Waals surface area contributed by atoms with E-state index >= 15 is 0 Å². The normalized spacial score (nSPS) is 41.1. The molecule has 0 radical (unpaired) electrons. The van der Waals surface area contributed by atoms with Crippen LogP contribution in [0.5, 0.6) is 0 Å². The van der Waals surface area contributed by atoms with Gasteiger partial charge in [0.2, 0.25) is 0 Å². The summed E-state index contributed by atoms with van der Waals surface area (Å²) in [6.45, 7) is 16.2. The van der Waals surface area contributed by atoms with Gasteiger partial charge in [-0.15, -0.1) is 0 Å². The predicted molar refractivity (Wildman–Crippen MR) is 156 cm³/mol. The molecule has 0 heterocycles. The van der Waals surface area contributed by atoms with Crippen LogP contribution in [0.4, 0.5) is 0 Å². The molecule has 0 spiro atoms. The number of rotatable bonds is 13. The van der Waals surface area contributed by atoms with Gasteiger partial charge in [0.25, 0.3) is 0 Å². The molecular formula is C35H64O. The Labute approximate surface area is 226 Å². The van der Waals surface area contributed by atoms with E-state index in [2.05, 4.69) is 41.5 Å². The zero-order chi connectivity index (χ0) is 25.8. The molecule has 0 aliphatic heterocycles. The minimum Gasteiger partial charge on any atom is -0.378 e. The van der Waals surface area contributed by atoms with Crippen molar-refractivity contribution in [2.24, 2.45) is 52.3 Å². The van der Waals surface area contributed by atoms with Gasteiger partial charge in [-0.2, -0.15) is 0 Å². The van der Waals surface area contributed by atoms with Gasteiger partial charge in [-0.25, -0.2) is 0 Å². The van der Waals surface area contributed by atoms with Crippen LogP contribution in [0, 0.1) is 52.3 Å². The number of hydrogen-bond acceptors (Lipinski definition) is 1. The van der Waals surface area contributed by atoms with Crippen LogP contribution >= 0.6 is 0 Å². The highest BCUT2D eigenvalue weighted by Crippen LogP contribution is 2.68. The lowest BCUT2D eigenvalue weighted by Gasteiger charge is -2.61. The van der Waals surface area contributed by atoms with Crippen LogP contribution in [0.3, 0.4) is 0 Å². The van der Waals surface area contributed by atoms with E-state index in [1.807, 2.05) is 0 Å². The van der Waals surface area contributed by atoms with E-state index in [9.17, 15) is 0 Å². The third-order valence-electron chi connectivity index (χ3n) is 12.7. The molecule has 4 aliphatic carbocycles. The molecule has 9 atom stereocenters. The number of unbranched alkanes of at least 4 members (excludes halogenated alkanes) is 5. The van der Waals surface area contributed by atoms with Gasteiger partial charge in [0.1, 0.15) is 0 Å². The van der Waals surface area contributed by atoms with Crippen molar-refractivity contribution in [1.82, 2.24) is 0 Å². The summed E-state index contributed by atoms with van der Waals surface area (Å²) in [7, 11) is 0. The Balaban J connectivity index is 1.28. The van der Waals surface area contributed by atoms with Crippen molar-refractivity contribution in [2.75, 3.05) is 6.61 Å². The highest BCUT2D eigenvalue weighted by Gasteiger charge is 2.60.